The van der Waals surface area contributed by atoms with Crippen LogP contribution < -0.4 is 4.90 Å². The third-order valence-electron chi connectivity index (χ3n) is 11.6. The molecule has 0 amide bonds. The smallest absolute Gasteiger partial charge is 0.0509 e. The van der Waals surface area contributed by atoms with E-state index in [0.717, 1.165) is 0 Å². The van der Waals surface area contributed by atoms with E-state index in [4.69, 9.17) is 0 Å². The van der Waals surface area contributed by atoms with Crippen molar-refractivity contribution in [2.45, 2.75) is 38.5 Å². The van der Waals surface area contributed by atoms with Gasteiger partial charge in [0.15, 0.2) is 0 Å². The van der Waals surface area contributed by atoms with Crippen LogP contribution in [-0.2, 0) is 10.8 Å². The second-order valence-electron chi connectivity index (χ2n) is 14.9. The molecule has 0 N–H and O–H groups in total. The summed E-state index contributed by atoms with van der Waals surface area (Å²) >= 11 is 0. The monoisotopic (exact) mass is 627 g/mol. The third-order valence-corrected chi connectivity index (χ3v) is 11.6. The molecule has 1 nitrogen and oxygen atoms in total. The van der Waals surface area contributed by atoms with E-state index >= 15 is 0 Å². The van der Waals surface area contributed by atoms with Crippen molar-refractivity contribution in [3.05, 3.63) is 174 Å². The number of nitrogens with zero attached hydrogens (tertiary/aromatic N) is 1. The van der Waals surface area contributed by atoms with Crippen LogP contribution in [0.2, 0.25) is 0 Å². The highest BCUT2D eigenvalue weighted by Crippen LogP contribution is 2.56. The van der Waals surface area contributed by atoms with Crippen LogP contribution in [0.1, 0.15) is 49.9 Å². The molecular formula is C48H37N. The van der Waals surface area contributed by atoms with Gasteiger partial charge in [-0.1, -0.05) is 143 Å². The molecule has 0 aromatic heterocycles. The zero-order chi connectivity index (χ0) is 33.1. The SMILES string of the molecule is CC1(C)c2ccccc2-c2ccc(-c3ccc4c(c3)C(C)(C)c3c(ccc5c6ccccc6c6ccccc6c35)N4c3ccccc3)cc21. The molecule has 49 heavy (non-hydrogen) atoms. The van der Waals surface area contributed by atoms with Crippen molar-refractivity contribution in [3.8, 4) is 22.3 Å². The van der Waals surface area contributed by atoms with Crippen molar-refractivity contribution >= 4 is 49.4 Å². The average molecular weight is 628 g/mol. The van der Waals surface area contributed by atoms with Crippen molar-refractivity contribution in [2.24, 2.45) is 0 Å². The summed E-state index contributed by atoms with van der Waals surface area (Å²) < 4.78 is 0. The Hall–Kier alpha value is -5.66. The highest BCUT2D eigenvalue weighted by molar-refractivity contribution is 6.27. The molecule has 0 saturated heterocycles. The minimum Gasteiger partial charge on any atom is -0.310 e. The van der Waals surface area contributed by atoms with Gasteiger partial charge in [0.1, 0.15) is 0 Å². The van der Waals surface area contributed by atoms with E-state index in [-0.39, 0.29) is 10.8 Å². The largest absolute Gasteiger partial charge is 0.310 e. The standard InChI is InChI=1S/C48H37N/c1-47(2)40-21-13-12-19-36(40)37-24-22-30(28-41(37)47)31-23-26-43-42(29-31)48(3,4)46-44(49(43)32-14-6-5-7-15-32)27-25-39-35-18-9-8-16-33(35)34-17-10-11-20-38(34)45(39)46/h5-29H,1-4H3. The molecule has 8 aromatic rings. The Morgan fingerprint density at radius 2 is 0.918 bits per heavy atom. The van der Waals surface area contributed by atoms with Gasteiger partial charge in [0.25, 0.3) is 0 Å². The molecule has 10 rings (SSSR count). The van der Waals surface area contributed by atoms with Gasteiger partial charge >= 0.3 is 0 Å². The molecule has 1 heteroatoms. The highest BCUT2D eigenvalue weighted by Gasteiger charge is 2.40. The summed E-state index contributed by atoms with van der Waals surface area (Å²) in [5, 5.41) is 7.90. The Morgan fingerprint density at radius 3 is 1.65 bits per heavy atom. The maximum absolute atomic E-state index is 2.49. The lowest BCUT2D eigenvalue weighted by molar-refractivity contribution is 0.638. The molecule has 0 spiro atoms. The fourth-order valence-corrected chi connectivity index (χ4v) is 9.22. The summed E-state index contributed by atoms with van der Waals surface area (Å²) in [6.07, 6.45) is 0. The zero-order valence-electron chi connectivity index (χ0n) is 28.4. The van der Waals surface area contributed by atoms with Gasteiger partial charge in [-0.15, -0.1) is 0 Å². The van der Waals surface area contributed by atoms with Crippen molar-refractivity contribution in [1.82, 2.24) is 0 Å². The van der Waals surface area contributed by atoms with E-state index in [1.54, 1.807) is 0 Å². The van der Waals surface area contributed by atoms with Crippen LogP contribution >= 0.6 is 0 Å². The van der Waals surface area contributed by atoms with Crippen molar-refractivity contribution in [2.75, 3.05) is 4.90 Å². The van der Waals surface area contributed by atoms with E-state index < -0.39 is 0 Å². The van der Waals surface area contributed by atoms with Gasteiger partial charge < -0.3 is 4.90 Å². The summed E-state index contributed by atoms with van der Waals surface area (Å²) in [6, 6.07) is 56.7. The van der Waals surface area contributed by atoms with Crippen molar-refractivity contribution in [1.29, 1.82) is 0 Å². The topological polar surface area (TPSA) is 3.24 Å². The zero-order valence-corrected chi connectivity index (χ0v) is 28.4. The van der Waals surface area contributed by atoms with E-state index in [0.29, 0.717) is 0 Å². The molecule has 1 aliphatic heterocycles. The van der Waals surface area contributed by atoms with Crippen LogP contribution in [0.4, 0.5) is 17.1 Å². The Labute approximate surface area is 288 Å². The quantitative estimate of drug-likeness (QED) is 0.172. The predicted molar refractivity (Wildman–Crippen MR) is 209 cm³/mol. The molecule has 234 valence electrons. The van der Waals surface area contributed by atoms with Gasteiger partial charge in [0.2, 0.25) is 0 Å². The number of fused-ring (bicyclic) bond motifs is 12. The van der Waals surface area contributed by atoms with Crippen LogP contribution in [0.5, 0.6) is 0 Å². The van der Waals surface area contributed by atoms with E-state index in [1.165, 1.54) is 93.9 Å². The maximum Gasteiger partial charge on any atom is 0.0509 e. The van der Waals surface area contributed by atoms with E-state index in [2.05, 4.69) is 184 Å². The molecule has 1 heterocycles. The number of rotatable bonds is 2. The van der Waals surface area contributed by atoms with Crippen LogP contribution in [-0.4, -0.2) is 0 Å². The van der Waals surface area contributed by atoms with Crippen LogP contribution in [0, 0.1) is 0 Å². The summed E-state index contributed by atoms with van der Waals surface area (Å²) in [4.78, 5) is 2.49. The Morgan fingerprint density at radius 1 is 0.388 bits per heavy atom. The lowest BCUT2D eigenvalue weighted by atomic mass is 9.70. The second kappa shape index (κ2) is 9.94. The summed E-state index contributed by atoms with van der Waals surface area (Å²) in [7, 11) is 0. The predicted octanol–water partition coefficient (Wildman–Crippen LogP) is 13.2. The van der Waals surface area contributed by atoms with Crippen molar-refractivity contribution in [3.63, 3.8) is 0 Å². The highest BCUT2D eigenvalue weighted by atomic mass is 15.2. The van der Waals surface area contributed by atoms with Crippen LogP contribution in [0.3, 0.4) is 0 Å². The fourth-order valence-electron chi connectivity index (χ4n) is 9.22. The van der Waals surface area contributed by atoms with Gasteiger partial charge in [0, 0.05) is 16.5 Å². The number of para-hydroxylation sites is 1. The number of hydrogen-bond donors (Lipinski definition) is 0. The summed E-state index contributed by atoms with van der Waals surface area (Å²) in [6.45, 7) is 9.60. The molecule has 1 aliphatic carbocycles. The average Bonchev–Trinajstić information content (AvgIpc) is 3.37. The molecule has 0 unspecified atom stereocenters. The number of anilines is 3. The first-order valence-corrected chi connectivity index (χ1v) is 17.5. The Bertz CT molecular complexity index is 2620. The lowest BCUT2D eigenvalue weighted by Gasteiger charge is -2.43. The first kappa shape index (κ1) is 28.4. The lowest BCUT2D eigenvalue weighted by Crippen LogP contribution is -2.31. The molecule has 8 aromatic carbocycles. The molecule has 0 fully saturated rings. The minimum atomic E-state index is -0.275. The molecule has 0 radical (unpaired) electrons. The maximum atomic E-state index is 2.49. The first-order valence-electron chi connectivity index (χ1n) is 17.5. The summed E-state index contributed by atoms with van der Waals surface area (Å²) in [5.74, 6) is 0. The molecule has 0 saturated carbocycles. The van der Waals surface area contributed by atoms with E-state index in [1.807, 2.05) is 0 Å². The first-order chi connectivity index (χ1) is 23.8. The Kier molecular flexibility index (Phi) is 5.75. The molecule has 0 atom stereocenters. The van der Waals surface area contributed by atoms with Gasteiger partial charge in [-0.3, -0.25) is 0 Å². The Balaban J connectivity index is 1.25. The van der Waals surface area contributed by atoms with Crippen LogP contribution in [0.25, 0.3) is 54.6 Å². The second-order valence-corrected chi connectivity index (χ2v) is 14.9. The van der Waals surface area contributed by atoms with Gasteiger partial charge in [-0.2, -0.15) is 0 Å². The minimum absolute atomic E-state index is 0.0405. The molecule has 2 aliphatic rings. The van der Waals surface area contributed by atoms with Gasteiger partial charge in [-0.25, -0.2) is 0 Å². The van der Waals surface area contributed by atoms with Gasteiger partial charge in [-0.05, 0) is 113 Å². The van der Waals surface area contributed by atoms with Gasteiger partial charge in [0.05, 0.1) is 11.4 Å². The third kappa shape index (κ3) is 3.82. The fraction of sp³-hybridized carbons (Fsp3) is 0.125. The summed E-state index contributed by atoms with van der Waals surface area (Å²) in [5.41, 5.74) is 14.1. The number of hydrogen-bond acceptors (Lipinski definition) is 1. The normalized spacial score (nSPS) is 15.2. The molecule has 0 bridgehead atoms. The van der Waals surface area contributed by atoms with E-state index in [9.17, 15) is 0 Å². The molecular weight excluding hydrogens is 591 g/mol. The number of benzene rings is 8. The van der Waals surface area contributed by atoms with Crippen LogP contribution in [0.15, 0.2) is 152 Å². The van der Waals surface area contributed by atoms with Crippen molar-refractivity contribution < 1.29 is 0 Å².